The Kier molecular flexibility index (Phi) is 5.33. The first-order valence-electron chi connectivity index (χ1n) is 6.77. The largest absolute Gasteiger partial charge is 0.464 e. The lowest BCUT2D eigenvalue weighted by molar-refractivity contribution is -0.0191. The molecule has 0 aliphatic carbocycles. The van der Waals surface area contributed by atoms with Crippen LogP contribution in [-0.4, -0.2) is 61.9 Å². The van der Waals surface area contributed by atoms with E-state index < -0.39 is 5.97 Å². The van der Waals surface area contributed by atoms with E-state index in [1.807, 2.05) is 6.92 Å². The average molecular weight is 299 g/mol. The van der Waals surface area contributed by atoms with E-state index in [-0.39, 0.29) is 6.10 Å². The molecule has 0 spiro atoms. The lowest BCUT2D eigenvalue weighted by Gasteiger charge is -2.32. The smallest absolute Gasteiger partial charge is 0.357 e. The summed E-state index contributed by atoms with van der Waals surface area (Å²) in [4.78, 5) is 19.0. The van der Waals surface area contributed by atoms with Gasteiger partial charge in [-0.25, -0.2) is 9.78 Å². The number of likely N-dealkylation sites (N-methyl/N-ethyl adjacent to an activating group) is 1. The molecule has 20 heavy (non-hydrogen) atoms. The Hall–Kier alpha value is -1.18. The first kappa shape index (κ1) is 15.2. The van der Waals surface area contributed by atoms with Crippen molar-refractivity contribution >= 4 is 22.4 Å². The van der Waals surface area contributed by atoms with Crippen LogP contribution >= 0.6 is 11.3 Å². The van der Waals surface area contributed by atoms with Crippen molar-refractivity contribution < 1.29 is 14.3 Å². The van der Waals surface area contributed by atoms with E-state index in [2.05, 4.69) is 22.1 Å². The molecule has 0 aromatic carbocycles. The molecule has 6 nitrogen and oxygen atoms in total. The van der Waals surface area contributed by atoms with Gasteiger partial charge in [0, 0.05) is 24.5 Å². The van der Waals surface area contributed by atoms with Crippen LogP contribution in [0.5, 0.6) is 0 Å². The van der Waals surface area contributed by atoms with Gasteiger partial charge < -0.3 is 14.8 Å². The van der Waals surface area contributed by atoms with Gasteiger partial charge in [0.2, 0.25) is 0 Å². The quantitative estimate of drug-likeness (QED) is 0.829. The number of nitrogens with one attached hydrogen (secondary N) is 1. The first-order valence-corrected chi connectivity index (χ1v) is 7.59. The van der Waals surface area contributed by atoms with Crippen LogP contribution in [0.15, 0.2) is 0 Å². The van der Waals surface area contributed by atoms with Crippen LogP contribution in [0.2, 0.25) is 0 Å². The number of esters is 1. The van der Waals surface area contributed by atoms with Gasteiger partial charge in [-0.2, -0.15) is 0 Å². The maximum Gasteiger partial charge on any atom is 0.357 e. The molecule has 2 rings (SSSR count). The zero-order valence-corrected chi connectivity index (χ0v) is 13.0. The second-order valence-corrected chi connectivity index (χ2v) is 5.89. The van der Waals surface area contributed by atoms with E-state index in [0.29, 0.717) is 12.2 Å². The molecule has 0 radical (unpaired) electrons. The number of methoxy groups -OCH3 is 1. The van der Waals surface area contributed by atoms with Crippen LogP contribution in [0.4, 0.5) is 5.13 Å². The Bertz CT molecular complexity index is 464. The third-order valence-corrected chi connectivity index (χ3v) is 4.25. The van der Waals surface area contributed by atoms with Crippen LogP contribution in [0, 0.1) is 6.92 Å². The maximum absolute atomic E-state index is 11.5. The topological polar surface area (TPSA) is 63.7 Å². The number of morpholine rings is 1. The van der Waals surface area contributed by atoms with Crippen LogP contribution in [-0.2, 0) is 9.47 Å². The molecule has 1 aliphatic heterocycles. The second-order valence-electron chi connectivity index (χ2n) is 4.68. The molecule has 1 aromatic rings. The first-order chi connectivity index (χ1) is 9.63. The van der Waals surface area contributed by atoms with Gasteiger partial charge in [-0.3, -0.25) is 4.90 Å². The van der Waals surface area contributed by atoms with Crippen molar-refractivity contribution in [2.75, 3.05) is 45.2 Å². The average Bonchev–Trinajstić information content (AvgIpc) is 2.85. The van der Waals surface area contributed by atoms with Crippen molar-refractivity contribution in [1.29, 1.82) is 0 Å². The van der Waals surface area contributed by atoms with Crippen molar-refractivity contribution in [3.63, 3.8) is 0 Å². The summed E-state index contributed by atoms with van der Waals surface area (Å²) in [6.45, 7) is 8.46. The number of aromatic nitrogens is 1. The molecule has 1 N–H and O–H groups in total. The van der Waals surface area contributed by atoms with Gasteiger partial charge in [0.05, 0.1) is 19.8 Å². The molecule has 1 aromatic heterocycles. The Morgan fingerprint density at radius 1 is 1.65 bits per heavy atom. The summed E-state index contributed by atoms with van der Waals surface area (Å²) >= 11 is 1.46. The summed E-state index contributed by atoms with van der Waals surface area (Å²) in [7, 11) is 1.36. The highest BCUT2D eigenvalue weighted by Crippen LogP contribution is 2.22. The Morgan fingerprint density at radius 2 is 2.45 bits per heavy atom. The van der Waals surface area contributed by atoms with Gasteiger partial charge in [-0.15, -0.1) is 11.3 Å². The highest BCUT2D eigenvalue weighted by molar-refractivity contribution is 7.15. The van der Waals surface area contributed by atoms with E-state index in [4.69, 9.17) is 9.47 Å². The molecule has 1 unspecified atom stereocenters. The van der Waals surface area contributed by atoms with E-state index in [9.17, 15) is 4.79 Å². The molecule has 0 amide bonds. The molecule has 1 fully saturated rings. The Balaban J connectivity index is 1.89. The fraction of sp³-hybridized carbons (Fsp3) is 0.692. The van der Waals surface area contributed by atoms with Crippen molar-refractivity contribution in [3.8, 4) is 0 Å². The molecule has 1 atom stereocenters. The van der Waals surface area contributed by atoms with Crippen LogP contribution in [0.1, 0.15) is 22.3 Å². The minimum absolute atomic E-state index is 0.162. The van der Waals surface area contributed by atoms with Crippen molar-refractivity contribution in [3.05, 3.63) is 10.6 Å². The predicted molar refractivity (Wildman–Crippen MR) is 78.5 cm³/mol. The Labute approximate surface area is 123 Å². The number of ether oxygens (including phenoxy) is 2. The summed E-state index contributed by atoms with van der Waals surface area (Å²) in [5, 5.41) is 3.98. The third-order valence-electron chi connectivity index (χ3n) is 3.33. The van der Waals surface area contributed by atoms with Gasteiger partial charge in [0.15, 0.2) is 10.8 Å². The monoisotopic (exact) mass is 299 g/mol. The van der Waals surface area contributed by atoms with E-state index >= 15 is 0 Å². The van der Waals surface area contributed by atoms with Crippen LogP contribution < -0.4 is 5.32 Å². The molecule has 1 aliphatic rings. The molecular formula is C13H21N3O3S. The van der Waals surface area contributed by atoms with Crippen LogP contribution in [0.3, 0.4) is 0 Å². The number of thiazole rings is 1. The van der Waals surface area contributed by atoms with Crippen LogP contribution in [0.25, 0.3) is 0 Å². The molecule has 1 saturated heterocycles. The SMILES string of the molecule is CCN1CCOC(CNc2nc(C(=O)OC)c(C)s2)C1. The van der Waals surface area contributed by atoms with Crippen molar-refractivity contribution in [2.24, 2.45) is 0 Å². The second kappa shape index (κ2) is 7.01. The fourth-order valence-corrected chi connectivity index (χ4v) is 2.96. The van der Waals surface area contributed by atoms with Crippen molar-refractivity contribution in [2.45, 2.75) is 20.0 Å². The molecule has 2 heterocycles. The van der Waals surface area contributed by atoms with E-state index in [1.54, 1.807) is 0 Å². The van der Waals surface area contributed by atoms with Gasteiger partial charge in [0.1, 0.15) is 0 Å². The van der Waals surface area contributed by atoms with Gasteiger partial charge in [-0.05, 0) is 13.5 Å². The highest BCUT2D eigenvalue weighted by atomic mass is 32.1. The zero-order chi connectivity index (χ0) is 14.5. The number of nitrogens with zero attached hydrogens (tertiary/aromatic N) is 2. The maximum atomic E-state index is 11.5. The number of carbonyl (C=O) groups excluding carboxylic acids is 1. The zero-order valence-electron chi connectivity index (χ0n) is 12.1. The lowest BCUT2D eigenvalue weighted by Crippen LogP contribution is -2.45. The Morgan fingerprint density at radius 3 is 3.15 bits per heavy atom. The summed E-state index contributed by atoms with van der Waals surface area (Å²) in [6, 6.07) is 0. The standard InChI is InChI=1S/C13H21N3O3S/c1-4-16-5-6-19-10(8-16)7-14-13-15-11(9(2)20-13)12(17)18-3/h10H,4-8H2,1-3H3,(H,14,15). The number of carbonyl (C=O) groups is 1. The number of anilines is 1. The highest BCUT2D eigenvalue weighted by Gasteiger charge is 2.20. The summed E-state index contributed by atoms with van der Waals surface area (Å²) < 4.78 is 10.4. The number of hydrogen-bond acceptors (Lipinski definition) is 7. The predicted octanol–water partition coefficient (Wildman–Crippen LogP) is 1.37. The fourth-order valence-electron chi connectivity index (χ4n) is 2.15. The number of rotatable bonds is 5. The van der Waals surface area contributed by atoms with Gasteiger partial charge in [-0.1, -0.05) is 6.92 Å². The van der Waals surface area contributed by atoms with Gasteiger partial charge >= 0.3 is 5.97 Å². The van der Waals surface area contributed by atoms with E-state index in [1.165, 1.54) is 18.4 Å². The van der Waals surface area contributed by atoms with Gasteiger partial charge in [0.25, 0.3) is 0 Å². The van der Waals surface area contributed by atoms with E-state index in [0.717, 1.165) is 36.2 Å². The molecular weight excluding hydrogens is 278 g/mol. The summed E-state index contributed by atoms with van der Waals surface area (Å²) in [5.74, 6) is -0.391. The normalized spacial score (nSPS) is 19.9. The third kappa shape index (κ3) is 3.68. The molecule has 112 valence electrons. The summed E-state index contributed by atoms with van der Waals surface area (Å²) in [5.41, 5.74) is 0.389. The lowest BCUT2D eigenvalue weighted by atomic mass is 10.2. The van der Waals surface area contributed by atoms with Crippen molar-refractivity contribution in [1.82, 2.24) is 9.88 Å². The summed E-state index contributed by atoms with van der Waals surface area (Å²) in [6.07, 6.45) is 0.162. The number of hydrogen-bond donors (Lipinski definition) is 1. The molecule has 0 saturated carbocycles. The minimum atomic E-state index is -0.391. The minimum Gasteiger partial charge on any atom is -0.464 e. The molecule has 7 heteroatoms. The molecule has 0 bridgehead atoms. The number of aryl methyl sites for hydroxylation is 1.